The fraction of sp³-hybridized carbons (Fsp3) is 0.421. The van der Waals surface area contributed by atoms with E-state index in [1.54, 1.807) is 13.3 Å². The second kappa shape index (κ2) is 13.5. The van der Waals surface area contributed by atoms with Gasteiger partial charge in [0.1, 0.15) is 12.4 Å². The Morgan fingerprint density at radius 2 is 1.88 bits per heavy atom. The van der Waals surface area contributed by atoms with E-state index < -0.39 is 0 Å². The molecule has 0 bridgehead atoms. The molecule has 2 N–H and O–H groups in total. The Balaban J connectivity index is 0.00000338. The van der Waals surface area contributed by atoms with Gasteiger partial charge in [-0.15, -0.1) is 24.0 Å². The van der Waals surface area contributed by atoms with Crippen LogP contribution in [0.1, 0.15) is 12.2 Å². The summed E-state index contributed by atoms with van der Waals surface area (Å²) in [5, 5.41) is 6.62. The summed E-state index contributed by atoms with van der Waals surface area (Å²) in [7, 11) is 3.87. The molecule has 1 aromatic heterocycles. The second-order valence-electron chi connectivity index (χ2n) is 5.67. The number of hydrogen-bond donors (Lipinski definition) is 2. The lowest BCUT2D eigenvalue weighted by Crippen LogP contribution is -2.41. The molecule has 0 unspecified atom stereocenters. The Morgan fingerprint density at radius 1 is 1.12 bits per heavy atom. The van der Waals surface area contributed by atoms with Crippen LogP contribution in [0.4, 0.5) is 5.69 Å². The molecule has 2 rings (SSSR count). The van der Waals surface area contributed by atoms with Crippen LogP contribution in [0.2, 0.25) is 0 Å². The third kappa shape index (κ3) is 8.57. The highest BCUT2D eigenvalue weighted by molar-refractivity contribution is 14.0. The van der Waals surface area contributed by atoms with Crippen molar-refractivity contribution in [2.45, 2.75) is 13.0 Å². The monoisotopic (exact) mass is 472 g/mol. The summed E-state index contributed by atoms with van der Waals surface area (Å²) in [6.45, 7) is 3.73. The number of anilines is 1. The summed E-state index contributed by atoms with van der Waals surface area (Å²) < 4.78 is 10.8. The normalized spacial score (nSPS) is 10.9. The molecule has 7 heteroatoms. The zero-order chi connectivity index (χ0) is 17.7. The zero-order valence-electron chi connectivity index (χ0n) is 15.5. The maximum atomic E-state index is 5.55. The van der Waals surface area contributed by atoms with E-state index in [1.165, 1.54) is 5.69 Å². The lowest BCUT2D eigenvalue weighted by atomic mass is 10.3. The van der Waals surface area contributed by atoms with Gasteiger partial charge in [0.2, 0.25) is 0 Å². The Bertz CT molecular complexity index is 605. The highest BCUT2D eigenvalue weighted by Gasteiger charge is 2.01. The summed E-state index contributed by atoms with van der Waals surface area (Å²) >= 11 is 0. The molecule has 1 heterocycles. The molecular formula is C19H29IN4O2. The summed E-state index contributed by atoms with van der Waals surface area (Å²) in [4.78, 5) is 6.45. The predicted molar refractivity (Wildman–Crippen MR) is 117 cm³/mol. The molecule has 0 atom stereocenters. The van der Waals surface area contributed by atoms with Gasteiger partial charge in [-0.05, 0) is 30.7 Å². The number of hydrogen-bond acceptors (Lipinski definition) is 4. The van der Waals surface area contributed by atoms with Crippen LogP contribution in [0.25, 0.3) is 0 Å². The number of nitrogens with zero attached hydrogens (tertiary/aromatic N) is 2. The van der Waals surface area contributed by atoms with E-state index in [4.69, 9.17) is 9.15 Å². The van der Waals surface area contributed by atoms with Gasteiger partial charge in [-0.3, -0.25) is 4.99 Å². The summed E-state index contributed by atoms with van der Waals surface area (Å²) in [6, 6.07) is 14.1. The number of para-hydroxylation sites is 1. The first-order valence-corrected chi connectivity index (χ1v) is 8.60. The number of likely N-dealkylation sites (N-methyl/N-ethyl adjacent to an activating group) is 1. The van der Waals surface area contributed by atoms with Crippen LogP contribution in [0, 0.1) is 0 Å². The molecular weight excluding hydrogens is 443 g/mol. The highest BCUT2D eigenvalue weighted by atomic mass is 127. The van der Waals surface area contributed by atoms with Crippen LogP contribution >= 0.6 is 24.0 Å². The molecule has 1 aromatic carbocycles. The van der Waals surface area contributed by atoms with Gasteiger partial charge >= 0.3 is 0 Å². The van der Waals surface area contributed by atoms with Crippen molar-refractivity contribution in [2.24, 2.45) is 4.99 Å². The van der Waals surface area contributed by atoms with Gasteiger partial charge in [0, 0.05) is 46.0 Å². The van der Waals surface area contributed by atoms with Crippen LogP contribution in [-0.4, -0.2) is 46.3 Å². The molecule has 2 aromatic rings. The number of halogens is 1. The SMILES string of the molecule is CN=C(NCCCOCc1ccco1)NCCN(C)c1ccccc1.I. The fourth-order valence-corrected chi connectivity index (χ4v) is 2.32. The maximum Gasteiger partial charge on any atom is 0.191 e. The van der Waals surface area contributed by atoms with Crippen molar-refractivity contribution in [2.75, 3.05) is 45.2 Å². The largest absolute Gasteiger partial charge is 0.467 e. The Hall–Kier alpha value is -1.74. The Morgan fingerprint density at radius 3 is 2.58 bits per heavy atom. The number of furan rings is 1. The van der Waals surface area contributed by atoms with Crippen molar-refractivity contribution in [1.82, 2.24) is 10.6 Å². The summed E-state index contributed by atoms with van der Waals surface area (Å²) in [6.07, 6.45) is 2.57. The topological polar surface area (TPSA) is 62.0 Å². The minimum absolute atomic E-state index is 0. The van der Waals surface area contributed by atoms with E-state index in [9.17, 15) is 0 Å². The molecule has 0 saturated heterocycles. The average molecular weight is 472 g/mol. The molecule has 0 aliphatic rings. The third-order valence-electron chi connectivity index (χ3n) is 3.74. The number of nitrogens with one attached hydrogen (secondary N) is 2. The van der Waals surface area contributed by atoms with Gasteiger partial charge in [0.25, 0.3) is 0 Å². The zero-order valence-corrected chi connectivity index (χ0v) is 17.8. The van der Waals surface area contributed by atoms with Crippen molar-refractivity contribution in [3.8, 4) is 0 Å². The first-order valence-electron chi connectivity index (χ1n) is 8.60. The van der Waals surface area contributed by atoms with E-state index in [1.807, 2.05) is 30.3 Å². The van der Waals surface area contributed by atoms with Crippen LogP contribution in [-0.2, 0) is 11.3 Å². The molecule has 26 heavy (non-hydrogen) atoms. The van der Waals surface area contributed by atoms with Gasteiger partial charge in [-0.1, -0.05) is 18.2 Å². The molecule has 0 amide bonds. The van der Waals surface area contributed by atoms with Crippen molar-refractivity contribution < 1.29 is 9.15 Å². The first kappa shape index (κ1) is 22.3. The lowest BCUT2D eigenvalue weighted by Gasteiger charge is -2.20. The van der Waals surface area contributed by atoms with Gasteiger partial charge in [-0.25, -0.2) is 0 Å². The lowest BCUT2D eigenvalue weighted by molar-refractivity contribution is 0.105. The summed E-state index contributed by atoms with van der Waals surface area (Å²) in [5.41, 5.74) is 1.21. The van der Waals surface area contributed by atoms with Crippen LogP contribution < -0.4 is 15.5 Å². The Kier molecular flexibility index (Phi) is 11.5. The number of benzene rings is 1. The molecule has 0 aliphatic carbocycles. The smallest absolute Gasteiger partial charge is 0.191 e. The highest BCUT2D eigenvalue weighted by Crippen LogP contribution is 2.09. The van der Waals surface area contributed by atoms with E-state index in [-0.39, 0.29) is 24.0 Å². The van der Waals surface area contributed by atoms with Crippen LogP contribution in [0.15, 0.2) is 58.1 Å². The van der Waals surface area contributed by atoms with Gasteiger partial charge < -0.3 is 24.7 Å². The molecule has 0 radical (unpaired) electrons. The van der Waals surface area contributed by atoms with Gasteiger partial charge in [-0.2, -0.15) is 0 Å². The number of ether oxygens (including phenoxy) is 1. The van der Waals surface area contributed by atoms with Crippen molar-refractivity contribution in [3.05, 3.63) is 54.5 Å². The van der Waals surface area contributed by atoms with Crippen molar-refractivity contribution in [3.63, 3.8) is 0 Å². The van der Waals surface area contributed by atoms with E-state index in [0.717, 1.165) is 37.8 Å². The van der Waals surface area contributed by atoms with Crippen LogP contribution in [0.5, 0.6) is 0 Å². The molecule has 144 valence electrons. The number of aliphatic imine (C=N–C) groups is 1. The van der Waals surface area contributed by atoms with Crippen molar-refractivity contribution >= 4 is 35.6 Å². The molecule has 0 spiro atoms. The van der Waals surface area contributed by atoms with E-state index in [0.29, 0.717) is 13.2 Å². The Labute approximate surface area is 173 Å². The molecule has 0 aliphatic heterocycles. The van der Waals surface area contributed by atoms with E-state index >= 15 is 0 Å². The minimum atomic E-state index is 0. The first-order chi connectivity index (χ1) is 12.3. The molecule has 6 nitrogen and oxygen atoms in total. The van der Waals surface area contributed by atoms with E-state index in [2.05, 4.69) is 39.7 Å². The van der Waals surface area contributed by atoms with Crippen molar-refractivity contribution in [1.29, 1.82) is 0 Å². The second-order valence-corrected chi connectivity index (χ2v) is 5.67. The predicted octanol–water partition coefficient (Wildman–Crippen LogP) is 3.11. The third-order valence-corrected chi connectivity index (χ3v) is 3.74. The fourth-order valence-electron chi connectivity index (χ4n) is 2.32. The quantitative estimate of drug-likeness (QED) is 0.241. The number of guanidine groups is 1. The van der Waals surface area contributed by atoms with Gasteiger partial charge in [0.15, 0.2) is 5.96 Å². The van der Waals surface area contributed by atoms with Crippen LogP contribution in [0.3, 0.4) is 0 Å². The summed E-state index contributed by atoms with van der Waals surface area (Å²) in [5.74, 6) is 1.67. The van der Waals surface area contributed by atoms with Gasteiger partial charge in [0.05, 0.1) is 6.26 Å². The minimum Gasteiger partial charge on any atom is -0.467 e. The maximum absolute atomic E-state index is 5.55. The number of rotatable bonds is 10. The average Bonchev–Trinajstić information content (AvgIpc) is 3.17. The molecule has 0 saturated carbocycles. The molecule has 0 fully saturated rings. The standard InChI is InChI=1S/C19H28N4O2.HI/c1-20-19(21-11-7-14-24-16-18-10-6-15-25-18)22-12-13-23(2)17-8-4-3-5-9-17;/h3-6,8-10,15H,7,11-14,16H2,1-2H3,(H2,20,21,22);1H.